The first-order valence-electron chi connectivity index (χ1n) is 9.19. The fourth-order valence-electron chi connectivity index (χ4n) is 6.37. The molecular formula is C18H32N2. The van der Waals surface area contributed by atoms with Crippen LogP contribution in [-0.4, -0.2) is 37.1 Å². The highest BCUT2D eigenvalue weighted by molar-refractivity contribution is 5.05. The largest absolute Gasteiger partial charge is 0.312 e. The van der Waals surface area contributed by atoms with Crippen LogP contribution in [0.4, 0.5) is 0 Å². The van der Waals surface area contributed by atoms with Crippen molar-refractivity contribution >= 4 is 0 Å². The van der Waals surface area contributed by atoms with Crippen molar-refractivity contribution in [1.29, 1.82) is 0 Å². The van der Waals surface area contributed by atoms with Gasteiger partial charge < -0.3 is 10.2 Å². The first-order valence-corrected chi connectivity index (χ1v) is 9.19. The summed E-state index contributed by atoms with van der Waals surface area (Å²) in [5.41, 5.74) is 0.680. The van der Waals surface area contributed by atoms with E-state index < -0.39 is 0 Å². The summed E-state index contributed by atoms with van der Waals surface area (Å²) in [6, 6.07) is 0.749. The summed E-state index contributed by atoms with van der Waals surface area (Å²) in [5.74, 6) is 3.26. The molecule has 2 heteroatoms. The maximum atomic E-state index is 3.92. The van der Waals surface area contributed by atoms with E-state index >= 15 is 0 Å². The zero-order chi connectivity index (χ0) is 13.6. The van der Waals surface area contributed by atoms with Gasteiger partial charge in [0.25, 0.3) is 0 Å². The Hall–Kier alpha value is -0.0800. The Morgan fingerprint density at radius 2 is 1.55 bits per heavy atom. The summed E-state index contributed by atoms with van der Waals surface area (Å²) >= 11 is 0. The van der Waals surface area contributed by atoms with Crippen molar-refractivity contribution in [2.45, 2.75) is 64.3 Å². The molecule has 5 fully saturated rings. The predicted molar refractivity (Wildman–Crippen MR) is 83.7 cm³/mol. The molecule has 2 nitrogen and oxygen atoms in total. The monoisotopic (exact) mass is 276 g/mol. The van der Waals surface area contributed by atoms with Crippen molar-refractivity contribution in [2.24, 2.45) is 23.2 Å². The van der Waals surface area contributed by atoms with E-state index in [1.165, 1.54) is 58.3 Å². The minimum Gasteiger partial charge on any atom is -0.312 e. The van der Waals surface area contributed by atoms with E-state index in [1.54, 1.807) is 19.3 Å². The van der Waals surface area contributed by atoms with E-state index in [9.17, 15) is 0 Å². The summed E-state index contributed by atoms with van der Waals surface area (Å²) in [7, 11) is 0. The third-order valence-corrected chi connectivity index (χ3v) is 7.08. The van der Waals surface area contributed by atoms with Gasteiger partial charge in [-0.25, -0.2) is 0 Å². The number of nitrogens with zero attached hydrogens (tertiary/aromatic N) is 1. The molecule has 4 saturated carbocycles. The van der Waals surface area contributed by atoms with Gasteiger partial charge in [0.2, 0.25) is 0 Å². The molecule has 0 aromatic carbocycles. The summed E-state index contributed by atoms with van der Waals surface area (Å²) in [4.78, 5) is 2.64. The zero-order valence-electron chi connectivity index (χ0n) is 13.2. The van der Waals surface area contributed by atoms with Crippen LogP contribution in [0.2, 0.25) is 0 Å². The Labute approximate surface area is 124 Å². The zero-order valence-corrected chi connectivity index (χ0v) is 13.2. The average Bonchev–Trinajstić information content (AvgIpc) is 2.90. The topological polar surface area (TPSA) is 15.3 Å². The van der Waals surface area contributed by atoms with Crippen molar-refractivity contribution in [2.75, 3.05) is 26.2 Å². The van der Waals surface area contributed by atoms with Crippen LogP contribution in [0.3, 0.4) is 0 Å². The highest BCUT2D eigenvalue weighted by Crippen LogP contribution is 2.61. The van der Waals surface area contributed by atoms with E-state index in [-0.39, 0.29) is 0 Å². The maximum Gasteiger partial charge on any atom is 0.0107 e. The highest BCUT2D eigenvalue weighted by Gasteiger charge is 2.52. The van der Waals surface area contributed by atoms with Gasteiger partial charge in [-0.3, -0.25) is 0 Å². The first kappa shape index (κ1) is 13.6. The minimum absolute atomic E-state index is 0.680. The lowest BCUT2D eigenvalue weighted by Gasteiger charge is -2.59. The second-order valence-corrected chi connectivity index (χ2v) is 8.50. The molecule has 4 aliphatic carbocycles. The third kappa shape index (κ3) is 2.43. The molecule has 1 heterocycles. The van der Waals surface area contributed by atoms with Crippen LogP contribution in [0.1, 0.15) is 58.3 Å². The molecule has 20 heavy (non-hydrogen) atoms. The SMILES string of the molecule is CC(NCCN1CCCC1)C12CC3CC(CC(C3)C1)C2. The normalized spacial score (nSPS) is 45.1. The molecule has 5 aliphatic rings. The van der Waals surface area contributed by atoms with Gasteiger partial charge in [-0.05, 0) is 94.5 Å². The van der Waals surface area contributed by atoms with Gasteiger partial charge in [-0.15, -0.1) is 0 Å². The van der Waals surface area contributed by atoms with Gasteiger partial charge in [0.1, 0.15) is 0 Å². The minimum atomic E-state index is 0.680. The van der Waals surface area contributed by atoms with Crippen LogP contribution in [0.5, 0.6) is 0 Å². The fourth-order valence-corrected chi connectivity index (χ4v) is 6.37. The molecule has 5 rings (SSSR count). The van der Waals surface area contributed by atoms with E-state index in [4.69, 9.17) is 0 Å². The molecule has 1 N–H and O–H groups in total. The van der Waals surface area contributed by atoms with Crippen molar-refractivity contribution in [3.8, 4) is 0 Å². The Morgan fingerprint density at radius 3 is 2.10 bits per heavy atom. The molecule has 0 amide bonds. The second-order valence-electron chi connectivity index (χ2n) is 8.50. The molecule has 0 radical (unpaired) electrons. The van der Waals surface area contributed by atoms with Crippen LogP contribution < -0.4 is 5.32 Å². The second kappa shape index (κ2) is 5.28. The van der Waals surface area contributed by atoms with Crippen LogP contribution in [0, 0.1) is 23.2 Å². The number of rotatable bonds is 5. The molecule has 0 spiro atoms. The predicted octanol–water partition coefficient (Wildman–Crippen LogP) is 3.28. The van der Waals surface area contributed by atoms with Crippen LogP contribution in [0.15, 0.2) is 0 Å². The lowest BCUT2D eigenvalue weighted by atomic mass is 9.48. The van der Waals surface area contributed by atoms with E-state index in [0.717, 1.165) is 23.8 Å². The lowest BCUT2D eigenvalue weighted by molar-refractivity contribution is -0.0704. The number of nitrogens with one attached hydrogen (secondary N) is 1. The van der Waals surface area contributed by atoms with Crippen molar-refractivity contribution < 1.29 is 0 Å². The molecule has 1 atom stereocenters. The summed E-state index contributed by atoms with van der Waals surface area (Å²) < 4.78 is 0. The summed E-state index contributed by atoms with van der Waals surface area (Å²) in [6.07, 6.45) is 12.2. The Morgan fingerprint density at radius 1 is 1.00 bits per heavy atom. The standard InChI is InChI=1S/C18H32N2/c1-14(19-4-7-20-5-2-3-6-20)18-11-15-8-16(12-18)10-17(9-15)13-18/h14-17,19H,2-13H2,1H3. The molecule has 4 bridgehead atoms. The molecule has 0 aromatic heterocycles. The van der Waals surface area contributed by atoms with Crippen LogP contribution in [0.25, 0.3) is 0 Å². The molecule has 114 valence electrons. The quantitative estimate of drug-likeness (QED) is 0.829. The van der Waals surface area contributed by atoms with Gasteiger partial charge in [0.15, 0.2) is 0 Å². The number of hydrogen-bond acceptors (Lipinski definition) is 2. The number of likely N-dealkylation sites (tertiary alicyclic amines) is 1. The van der Waals surface area contributed by atoms with Gasteiger partial charge in [0.05, 0.1) is 0 Å². The summed E-state index contributed by atoms with van der Waals surface area (Å²) in [5, 5.41) is 3.92. The number of hydrogen-bond donors (Lipinski definition) is 1. The molecule has 1 aliphatic heterocycles. The Bertz CT molecular complexity index is 310. The maximum absolute atomic E-state index is 3.92. The van der Waals surface area contributed by atoms with E-state index in [2.05, 4.69) is 17.1 Å². The Kier molecular flexibility index (Phi) is 3.58. The van der Waals surface area contributed by atoms with Gasteiger partial charge in [-0.1, -0.05) is 0 Å². The smallest absolute Gasteiger partial charge is 0.0107 e. The van der Waals surface area contributed by atoms with Crippen LogP contribution in [-0.2, 0) is 0 Å². The van der Waals surface area contributed by atoms with E-state index in [1.807, 2.05) is 0 Å². The van der Waals surface area contributed by atoms with Gasteiger partial charge in [0, 0.05) is 19.1 Å². The third-order valence-electron chi connectivity index (χ3n) is 7.08. The molecule has 1 unspecified atom stereocenters. The highest BCUT2D eigenvalue weighted by atomic mass is 15.2. The lowest BCUT2D eigenvalue weighted by Crippen LogP contribution is -2.55. The van der Waals surface area contributed by atoms with E-state index in [0.29, 0.717) is 5.41 Å². The van der Waals surface area contributed by atoms with Crippen molar-refractivity contribution in [1.82, 2.24) is 10.2 Å². The molecule has 1 saturated heterocycles. The fraction of sp³-hybridized carbons (Fsp3) is 1.00. The van der Waals surface area contributed by atoms with Crippen molar-refractivity contribution in [3.63, 3.8) is 0 Å². The van der Waals surface area contributed by atoms with Crippen molar-refractivity contribution in [3.05, 3.63) is 0 Å². The molecular weight excluding hydrogens is 244 g/mol. The van der Waals surface area contributed by atoms with Gasteiger partial charge in [-0.2, -0.15) is 0 Å². The van der Waals surface area contributed by atoms with Gasteiger partial charge >= 0.3 is 0 Å². The Balaban J connectivity index is 1.32. The average molecular weight is 276 g/mol. The summed E-state index contributed by atoms with van der Waals surface area (Å²) in [6.45, 7) is 7.66. The first-order chi connectivity index (χ1) is 9.73. The van der Waals surface area contributed by atoms with Crippen LogP contribution >= 0.6 is 0 Å². The molecule has 0 aromatic rings.